The molecule has 0 saturated heterocycles. The number of hydrogen-bond acceptors (Lipinski definition) is 5. The number of aryl methyl sites for hydroxylation is 1. The van der Waals surface area contributed by atoms with Crippen molar-refractivity contribution in [2.24, 2.45) is 0 Å². The lowest BCUT2D eigenvalue weighted by atomic mass is 10.3. The largest absolute Gasteiger partial charge is 1.00 e. The van der Waals surface area contributed by atoms with Gasteiger partial charge in [-0.3, -0.25) is 4.79 Å². The Labute approximate surface area is 90.9 Å². The topological polar surface area (TPSA) is 65.2 Å². The molecule has 1 rings (SSSR count). The summed E-state index contributed by atoms with van der Waals surface area (Å²) in [7, 11) is 1.38. The van der Waals surface area contributed by atoms with E-state index in [0.29, 0.717) is 18.0 Å². The van der Waals surface area contributed by atoms with Gasteiger partial charge in [-0.15, -0.1) is 11.3 Å². The van der Waals surface area contributed by atoms with Gasteiger partial charge in [-0.05, 0) is 6.42 Å². The summed E-state index contributed by atoms with van der Waals surface area (Å²) in [4.78, 5) is 15.6. The number of carbonyl (C=O) groups is 1. The molecule has 1 heterocycles. The van der Waals surface area contributed by atoms with Crippen LogP contribution in [-0.2, 0) is 16.0 Å². The number of rotatable bonds is 3. The first-order valence-electron chi connectivity index (χ1n) is 3.49. The third-order valence-corrected chi connectivity index (χ3v) is 2.26. The lowest BCUT2D eigenvalue weighted by molar-refractivity contribution is -0.140. The number of nitrogens with two attached hydrogens (primary N) is 1. The van der Waals surface area contributed by atoms with Crippen molar-refractivity contribution >= 4 is 22.4 Å². The number of esters is 1. The number of aromatic nitrogens is 1. The Morgan fingerprint density at radius 3 is 2.92 bits per heavy atom. The average molecular weight is 266 g/mol. The fourth-order valence-electron chi connectivity index (χ4n) is 0.766. The number of thiazole rings is 1. The van der Waals surface area contributed by atoms with Gasteiger partial charge in [-0.25, -0.2) is 4.98 Å². The Hall–Kier alpha value is -0.620. The van der Waals surface area contributed by atoms with E-state index in [1.807, 2.05) is 0 Å². The molecule has 0 spiro atoms. The van der Waals surface area contributed by atoms with Gasteiger partial charge in [-0.2, -0.15) is 0 Å². The summed E-state index contributed by atoms with van der Waals surface area (Å²) in [6.45, 7) is 0. The molecule has 2 N–H and O–H groups in total. The van der Waals surface area contributed by atoms with Crippen molar-refractivity contribution in [2.75, 3.05) is 12.8 Å². The zero-order valence-electron chi connectivity index (χ0n) is 7.12. The van der Waals surface area contributed by atoms with E-state index < -0.39 is 0 Å². The van der Waals surface area contributed by atoms with E-state index in [0.717, 1.165) is 4.88 Å². The summed E-state index contributed by atoms with van der Waals surface area (Å²) in [6.07, 6.45) is 2.72. The van der Waals surface area contributed by atoms with E-state index in [9.17, 15) is 4.79 Å². The summed E-state index contributed by atoms with van der Waals surface area (Å²) >= 11 is 1.40. The SMILES string of the molecule is COC(=O)CCc1cnc(N)s1.[Br-]. The van der Waals surface area contributed by atoms with Crippen LogP contribution in [0.5, 0.6) is 0 Å². The molecule has 0 radical (unpaired) electrons. The molecule has 6 heteroatoms. The highest BCUT2D eigenvalue weighted by atomic mass is 79.9. The smallest absolute Gasteiger partial charge is 0.305 e. The predicted octanol–water partition coefficient (Wildman–Crippen LogP) is -2.17. The molecule has 0 amide bonds. The summed E-state index contributed by atoms with van der Waals surface area (Å²) in [6, 6.07) is 0. The van der Waals surface area contributed by atoms with Crippen LogP contribution >= 0.6 is 11.3 Å². The van der Waals surface area contributed by atoms with Crippen molar-refractivity contribution < 1.29 is 26.5 Å². The average Bonchev–Trinajstić information content (AvgIpc) is 2.47. The van der Waals surface area contributed by atoms with Crippen LogP contribution in [0, 0.1) is 0 Å². The first-order chi connectivity index (χ1) is 5.72. The molecular formula is C7H10BrN2O2S-. The number of ether oxygens (including phenoxy) is 1. The molecule has 0 aliphatic carbocycles. The minimum atomic E-state index is -0.207. The zero-order valence-corrected chi connectivity index (χ0v) is 9.52. The van der Waals surface area contributed by atoms with Crippen LogP contribution in [0.2, 0.25) is 0 Å². The standard InChI is InChI=1S/C7H10N2O2S.BrH/c1-11-6(10)3-2-5-4-9-7(8)12-5;/h4H,2-3H2,1H3,(H2,8,9);1H/p-1. The summed E-state index contributed by atoms with van der Waals surface area (Å²) in [5.74, 6) is -0.207. The Morgan fingerprint density at radius 2 is 2.46 bits per heavy atom. The van der Waals surface area contributed by atoms with E-state index in [4.69, 9.17) is 5.73 Å². The molecule has 0 bridgehead atoms. The highest BCUT2D eigenvalue weighted by Gasteiger charge is 2.03. The number of nitrogens with zero attached hydrogens (tertiary/aromatic N) is 1. The maximum absolute atomic E-state index is 10.7. The maximum atomic E-state index is 10.7. The van der Waals surface area contributed by atoms with E-state index in [-0.39, 0.29) is 23.0 Å². The molecule has 0 fully saturated rings. The molecule has 4 nitrogen and oxygen atoms in total. The molecule has 0 aliphatic rings. The van der Waals surface area contributed by atoms with Crippen LogP contribution in [0.1, 0.15) is 11.3 Å². The van der Waals surface area contributed by atoms with Gasteiger partial charge >= 0.3 is 5.97 Å². The second-order valence-electron chi connectivity index (χ2n) is 2.24. The predicted molar refractivity (Wildman–Crippen MR) is 46.9 cm³/mol. The van der Waals surface area contributed by atoms with Crippen molar-refractivity contribution in [1.82, 2.24) is 4.98 Å². The van der Waals surface area contributed by atoms with Crippen molar-refractivity contribution in [3.8, 4) is 0 Å². The van der Waals surface area contributed by atoms with Crippen molar-refractivity contribution in [3.63, 3.8) is 0 Å². The maximum Gasteiger partial charge on any atom is 0.305 e. The summed E-state index contributed by atoms with van der Waals surface area (Å²) < 4.78 is 4.49. The summed E-state index contributed by atoms with van der Waals surface area (Å²) in [5, 5.41) is 0.537. The van der Waals surface area contributed by atoms with Gasteiger partial charge in [0.05, 0.1) is 13.5 Å². The number of hydrogen-bond donors (Lipinski definition) is 1. The molecule has 0 aliphatic heterocycles. The van der Waals surface area contributed by atoms with Crippen molar-refractivity contribution in [3.05, 3.63) is 11.1 Å². The third kappa shape index (κ3) is 4.23. The monoisotopic (exact) mass is 265 g/mol. The minimum absolute atomic E-state index is 0. The second kappa shape index (κ2) is 5.93. The number of halogens is 1. The molecule has 13 heavy (non-hydrogen) atoms. The van der Waals surface area contributed by atoms with Gasteiger partial charge in [0.15, 0.2) is 5.13 Å². The number of carbonyl (C=O) groups excluding carboxylic acids is 1. The molecule has 1 aromatic rings. The van der Waals surface area contributed by atoms with Crippen LogP contribution in [-0.4, -0.2) is 18.1 Å². The number of methoxy groups -OCH3 is 1. The van der Waals surface area contributed by atoms with E-state index in [2.05, 4.69) is 9.72 Å². The van der Waals surface area contributed by atoms with Crippen molar-refractivity contribution in [2.45, 2.75) is 12.8 Å². The lowest BCUT2D eigenvalue weighted by Gasteiger charge is -1.95. The van der Waals surface area contributed by atoms with Gasteiger partial charge in [0.25, 0.3) is 0 Å². The van der Waals surface area contributed by atoms with E-state index in [1.165, 1.54) is 18.4 Å². The first-order valence-corrected chi connectivity index (χ1v) is 4.31. The molecule has 0 atom stereocenters. The lowest BCUT2D eigenvalue weighted by Crippen LogP contribution is -3.00. The Bertz CT molecular complexity index is 277. The van der Waals surface area contributed by atoms with Crippen LogP contribution in [0.15, 0.2) is 6.20 Å². The molecule has 74 valence electrons. The van der Waals surface area contributed by atoms with Crippen LogP contribution < -0.4 is 22.7 Å². The Kier molecular flexibility index (Phi) is 5.65. The van der Waals surface area contributed by atoms with Gasteiger partial charge in [0.2, 0.25) is 0 Å². The van der Waals surface area contributed by atoms with Crippen LogP contribution in [0.25, 0.3) is 0 Å². The molecule has 0 unspecified atom stereocenters. The molecule has 0 saturated carbocycles. The first kappa shape index (κ1) is 12.4. The van der Waals surface area contributed by atoms with Crippen molar-refractivity contribution in [1.29, 1.82) is 0 Å². The quantitative estimate of drug-likeness (QED) is 0.633. The van der Waals surface area contributed by atoms with Gasteiger partial charge in [0, 0.05) is 11.1 Å². The Morgan fingerprint density at radius 1 is 1.77 bits per heavy atom. The van der Waals surface area contributed by atoms with Gasteiger partial charge in [-0.1, -0.05) is 0 Å². The fourth-order valence-corrected chi connectivity index (χ4v) is 1.45. The molecular weight excluding hydrogens is 256 g/mol. The highest BCUT2D eigenvalue weighted by Crippen LogP contribution is 2.15. The fraction of sp³-hybridized carbons (Fsp3) is 0.429. The normalized spacial score (nSPS) is 9.00. The Balaban J connectivity index is 0.00000144. The van der Waals surface area contributed by atoms with Crippen LogP contribution in [0.3, 0.4) is 0 Å². The number of nitrogen functional groups attached to an aromatic ring is 1. The third-order valence-electron chi connectivity index (χ3n) is 1.37. The summed E-state index contributed by atoms with van der Waals surface area (Å²) in [5.41, 5.74) is 5.41. The minimum Gasteiger partial charge on any atom is -1.00 e. The highest BCUT2D eigenvalue weighted by molar-refractivity contribution is 7.15. The second-order valence-corrected chi connectivity index (χ2v) is 3.39. The van der Waals surface area contributed by atoms with E-state index >= 15 is 0 Å². The molecule has 0 aromatic carbocycles. The zero-order chi connectivity index (χ0) is 8.97. The molecule has 1 aromatic heterocycles. The van der Waals surface area contributed by atoms with Gasteiger partial charge in [0.1, 0.15) is 0 Å². The van der Waals surface area contributed by atoms with E-state index in [1.54, 1.807) is 6.20 Å². The van der Waals surface area contributed by atoms with Gasteiger partial charge < -0.3 is 27.5 Å². The van der Waals surface area contributed by atoms with Crippen LogP contribution in [0.4, 0.5) is 5.13 Å². The number of anilines is 1.